The maximum Gasteiger partial charge on any atom is 0.261 e. The Labute approximate surface area is 143 Å². The molecule has 0 saturated heterocycles. The second-order valence-corrected chi connectivity index (χ2v) is 7.13. The first-order valence-corrected chi connectivity index (χ1v) is 8.78. The maximum absolute atomic E-state index is 12.6. The van der Waals surface area contributed by atoms with Crippen LogP contribution in [-0.4, -0.2) is 26.9 Å². The number of aryl methyl sites for hydroxylation is 1. The fraction of sp³-hybridized carbons (Fsp3) is 0.278. The van der Waals surface area contributed by atoms with Crippen LogP contribution in [0.25, 0.3) is 10.9 Å². The Kier molecular flexibility index (Phi) is 3.69. The third kappa shape index (κ3) is 2.63. The predicted octanol–water partition coefficient (Wildman–Crippen LogP) is 2.35. The number of thiophene rings is 1. The van der Waals surface area contributed by atoms with Gasteiger partial charge in [-0.05, 0) is 42.5 Å². The number of amides is 1. The molecule has 0 fully saturated rings. The molecule has 24 heavy (non-hydrogen) atoms. The van der Waals surface area contributed by atoms with Crippen molar-refractivity contribution in [1.29, 1.82) is 0 Å². The van der Waals surface area contributed by atoms with Crippen molar-refractivity contribution in [3.8, 4) is 0 Å². The highest BCUT2D eigenvalue weighted by molar-refractivity contribution is 7.10. The van der Waals surface area contributed by atoms with Gasteiger partial charge in [-0.1, -0.05) is 11.6 Å². The minimum atomic E-state index is -0.162. The maximum atomic E-state index is 12.6. The lowest BCUT2D eigenvalue weighted by Gasteiger charge is -2.27. The molecule has 3 aromatic rings. The molecule has 1 aromatic carbocycles. The molecule has 3 heterocycles. The number of benzene rings is 1. The van der Waals surface area contributed by atoms with Crippen molar-refractivity contribution in [2.45, 2.75) is 26.4 Å². The van der Waals surface area contributed by atoms with Gasteiger partial charge in [-0.3, -0.25) is 14.2 Å². The van der Waals surface area contributed by atoms with Gasteiger partial charge in [0.25, 0.3) is 5.56 Å². The average Bonchev–Trinajstić information content (AvgIpc) is 3.05. The molecule has 0 N–H and O–H groups in total. The van der Waals surface area contributed by atoms with Gasteiger partial charge in [0.05, 0.1) is 17.2 Å². The minimum Gasteiger partial charge on any atom is -0.336 e. The molecule has 0 unspecified atom stereocenters. The summed E-state index contributed by atoms with van der Waals surface area (Å²) < 4.78 is 1.41. The molecule has 0 spiro atoms. The van der Waals surface area contributed by atoms with Crippen LogP contribution in [0, 0.1) is 6.92 Å². The molecule has 0 radical (unpaired) electrons. The first-order valence-electron chi connectivity index (χ1n) is 7.90. The van der Waals surface area contributed by atoms with Crippen LogP contribution in [0.4, 0.5) is 0 Å². The number of aromatic nitrogens is 2. The number of carbonyl (C=O) groups is 1. The molecule has 0 atom stereocenters. The third-order valence-corrected chi connectivity index (χ3v) is 5.47. The highest BCUT2D eigenvalue weighted by Crippen LogP contribution is 2.24. The molecule has 2 aromatic heterocycles. The summed E-state index contributed by atoms with van der Waals surface area (Å²) in [4.78, 5) is 32.7. The molecule has 1 aliphatic rings. The van der Waals surface area contributed by atoms with Gasteiger partial charge in [-0.2, -0.15) is 0 Å². The van der Waals surface area contributed by atoms with Crippen molar-refractivity contribution in [3.05, 3.63) is 62.3 Å². The Balaban J connectivity index is 1.59. The zero-order chi connectivity index (χ0) is 16.7. The van der Waals surface area contributed by atoms with Gasteiger partial charge in [0.15, 0.2) is 0 Å². The summed E-state index contributed by atoms with van der Waals surface area (Å²) in [6.45, 7) is 3.32. The zero-order valence-electron chi connectivity index (χ0n) is 13.4. The fourth-order valence-electron chi connectivity index (χ4n) is 3.09. The number of carbonyl (C=O) groups excluding carboxylic acids is 1. The molecule has 4 rings (SSSR count). The summed E-state index contributed by atoms with van der Waals surface area (Å²) in [6.07, 6.45) is 2.36. The smallest absolute Gasteiger partial charge is 0.261 e. The fourth-order valence-corrected chi connectivity index (χ4v) is 3.98. The van der Waals surface area contributed by atoms with Gasteiger partial charge < -0.3 is 4.90 Å². The van der Waals surface area contributed by atoms with Crippen LogP contribution in [0.5, 0.6) is 0 Å². The topological polar surface area (TPSA) is 55.2 Å². The van der Waals surface area contributed by atoms with Crippen molar-refractivity contribution in [2.24, 2.45) is 0 Å². The molecular weight excluding hydrogens is 322 g/mol. The normalized spacial score (nSPS) is 14.0. The zero-order valence-corrected chi connectivity index (χ0v) is 14.2. The van der Waals surface area contributed by atoms with E-state index in [4.69, 9.17) is 0 Å². The van der Waals surface area contributed by atoms with Crippen LogP contribution < -0.4 is 5.56 Å². The highest BCUT2D eigenvalue weighted by Gasteiger charge is 2.22. The van der Waals surface area contributed by atoms with E-state index in [1.165, 1.54) is 21.3 Å². The molecule has 0 saturated carbocycles. The SMILES string of the molecule is Cc1ccc2ncn(CC(=O)N3CCc4sccc4C3)c(=O)c2c1. The Morgan fingerprint density at radius 1 is 1.33 bits per heavy atom. The van der Waals surface area contributed by atoms with Crippen LogP contribution in [0.3, 0.4) is 0 Å². The van der Waals surface area contributed by atoms with E-state index in [2.05, 4.69) is 16.4 Å². The molecule has 122 valence electrons. The molecule has 1 aliphatic heterocycles. The number of nitrogens with zero attached hydrogens (tertiary/aromatic N) is 3. The Morgan fingerprint density at radius 3 is 3.08 bits per heavy atom. The second-order valence-electron chi connectivity index (χ2n) is 6.13. The quantitative estimate of drug-likeness (QED) is 0.720. The van der Waals surface area contributed by atoms with E-state index in [1.54, 1.807) is 11.3 Å². The van der Waals surface area contributed by atoms with Crippen molar-refractivity contribution < 1.29 is 4.79 Å². The first-order chi connectivity index (χ1) is 11.6. The van der Waals surface area contributed by atoms with E-state index < -0.39 is 0 Å². The Bertz CT molecular complexity index is 989. The van der Waals surface area contributed by atoms with Crippen molar-refractivity contribution in [3.63, 3.8) is 0 Å². The largest absolute Gasteiger partial charge is 0.336 e. The van der Waals surface area contributed by atoms with Crippen LogP contribution in [0.1, 0.15) is 16.0 Å². The Hall–Kier alpha value is -2.47. The second kappa shape index (κ2) is 5.87. The lowest BCUT2D eigenvalue weighted by atomic mass is 10.1. The lowest BCUT2D eigenvalue weighted by Crippen LogP contribution is -2.39. The van der Waals surface area contributed by atoms with E-state index in [-0.39, 0.29) is 18.0 Å². The minimum absolute atomic E-state index is 0.0369. The third-order valence-electron chi connectivity index (χ3n) is 4.45. The summed E-state index contributed by atoms with van der Waals surface area (Å²) in [5, 5.41) is 2.63. The standard InChI is InChI=1S/C18H17N3O2S/c1-12-2-3-15-14(8-12)18(23)21(11-19-15)10-17(22)20-6-4-16-13(9-20)5-7-24-16/h2-3,5,7-8,11H,4,6,9-10H2,1H3. The number of fused-ring (bicyclic) bond motifs is 2. The van der Waals surface area contributed by atoms with E-state index >= 15 is 0 Å². The average molecular weight is 339 g/mol. The van der Waals surface area contributed by atoms with Crippen molar-refractivity contribution in [1.82, 2.24) is 14.5 Å². The van der Waals surface area contributed by atoms with E-state index in [0.717, 1.165) is 12.0 Å². The van der Waals surface area contributed by atoms with Gasteiger partial charge >= 0.3 is 0 Å². The molecule has 1 amide bonds. The van der Waals surface area contributed by atoms with Gasteiger partial charge in [0, 0.05) is 18.0 Å². The molecular formula is C18H17N3O2S. The van der Waals surface area contributed by atoms with Gasteiger partial charge in [0.1, 0.15) is 6.54 Å². The number of hydrogen-bond acceptors (Lipinski definition) is 4. The molecule has 5 nitrogen and oxygen atoms in total. The summed E-state index contributed by atoms with van der Waals surface area (Å²) in [6, 6.07) is 7.66. The summed E-state index contributed by atoms with van der Waals surface area (Å²) in [5.41, 5.74) is 2.73. The number of hydrogen-bond donors (Lipinski definition) is 0. The summed E-state index contributed by atoms with van der Waals surface area (Å²) in [7, 11) is 0. The van der Waals surface area contributed by atoms with Crippen molar-refractivity contribution in [2.75, 3.05) is 6.54 Å². The highest BCUT2D eigenvalue weighted by atomic mass is 32.1. The molecule has 6 heteroatoms. The number of rotatable bonds is 2. The Morgan fingerprint density at radius 2 is 2.21 bits per heavy atom. The van der Waals surface area contributed by atoms with E-state index in [1.807, 2.05) is 30.0 Å². The van der Waals surface area contributed by atoms with Crippen molar-refractivity contribution >= 4 is 28.1 Å². The van der Waals surface area contributed by atoms with Gasteiger partial charge in [-0.25, -0.2) is 4.98 Å². The first kappa shape index (κ1) is 15.1. The van der Waals surface area contributed by atoms with Gasteiger partial charge in [-0.15, -0.1) is 11.3 Å². The molecule has 0 aliphatic carbocycles. The summed E-state index contributed by atoms with van der Waals surface area (Å²) in [5.74, 6) is -0.0391. The van der Waals surface area contributed by atoms with Crippen LogP contribution in [0.2, 0.25) is 0 Å². The van der Waals surface area contributed by atoms with Crippen LogP contribution in [0.15, 0.2) is 40.8 Å². The van der Waals surface area contributed by atoms with Crippen LogP contribution in [-0.2, 0) is 24.3 Å². The predicted molar refractivity (Wildman–Crippen MR) is 94.2 cm³/mol. The van der Waals surface area contributed by atoms with Gasteiger partial charge in [0.2, 0.25) is 5.91 Å². The van der Waals surface area contributed by atoms with Crippen LogP contribution >= 0.6 is 11.3 Å². The molecule has 0 bridgehead atoms. The van der Waals surface area contributed by atoms with E-state index in [9.17, 15) is 9.59 Å². The van der Waals surface area contributed by atoms with E-state index in [0.29, 0.717) is 24.0 Å². The lowest BCUT2D eigenvalue weighted by molar-refractivity contribution is -0.132. The monoisotopic (exact) mass is 339 g/mol. The summed E-state index contributed by atoms with van der Waals surface area (Å²) >= 11 is 1.75.